The van der Waals surface area contributed by atoms with E-state index in [4.69, 9.17) is 0 Å². The molecule has 1 aromatic heterocycles. The van der Waals surface area contributed by atoms with Crippen molar-refractivity contribution in [2.45, 2.75) is 52.7 Å². The Morgan fingerprint density at radius 1 is 1.15 bits per heavy atom. The van der Waals surface area contributed by atoms with Crippen LogP contribution < -0.4 is 0 Å². The minimum absolute atomic E-state index is 0.0419. The fourth-order valence-corrected chi connectivity index (χ4v) is 2.57. The van der Waals surface area contributed by atoms with Gasteiger partial charge in [-0.05, 0) is 25.3 Å². The first-order valence-corrected chi connectivity index (χ1v) is 7.28. The van der Waals surface area contributed by atoms with Crippen LogP contribution in [-0.4, -0.2) is 20.1 Å². The summed E-state index contributed by atoms with van der Waals surface area (Å²) in [6.07, 6.45) is 2.07. The number of aliphatic hydroxyl groups is 1. The number of nitrogens with zero attached hydrogens (tertiary/aromatic N) is 3. The van der Waals surface area contributed by atoms with E-state index < -0.39 is 0 Å². The number of benzene rings is 1. The summed E-state index contributed by atoms with van der Waals surface area (Å²) in [7, 11) is 0. The number of rotatable bonds is 6. The van der Waals surface area contributed by atoms with Crippen molar-refractivity contribution >= 4 is 0 Å². The lowest BCUT2D eigenvalue weighted by Gasteiger charge is -2.15. The molecule has 0 aliphatic carbocycles. The number of hydrogen-bond donors (Lipinski definition) is 1. The molecule has 0 atom stereocenters. The second-order valence-corrected chi connectivity index (χ2v) is 5.24. The van der Waals surface area contributed by atoms with Gasteiger partial charge in [-0.25, -0.2) is 4.68 Å². The van der Waals surface area contributed by atoms with Crippen LogP contribution in [0.1, 0.15) is 55.1 Å². The van der Waals surface area contributed by atoms with E-state index in [-0.39, 0.29) is 6.61 Å². The Kier molecular flexibility index (Phi) is 4.90. The van der Waals surface area contributed by atoms with Crippen molar-refractivity contribution in [2.24, 2.45) is 0 Å². The van der Waals surface area contributed by atoms with E-state index >= 15 is 0 Å². The number of aryl methyl sites for hydroxylation is 1. The van der Waals surface area contributed by atoms with Gasteiger partial charge in [-0.15, -0.1) is 5.10 Å². The monoisotopic (exact) mass is 273 g/mol. The second kappa shape index (κ2) is 6.66. The van der Waals surface area contributed by atoms with Crippen LogP contribution in [0.25, 0.3) is 0 Å². The molecule has 0 aliphatic heterocycles. The van der Waals surface area contributed by atoms with E-state index in [1.165, 1.54) is 11.1 Å². The molecule has 0 spiro atoms. The van der Waals surface area contributed by atoms with Crippen LogP contribution in [0.3, 0.4) is 0 Å². The number of aromatic nitrogens is 3. The zero-order chi connectivity index (χ0) is 14.5. The van der Waals surface area contributed by atoms with E-state index in [9.17, 15) is 5.11 Å². The molecule has 0 fully saturated rings. The highest BCUT2D eigenvalue weighted by molar-refractivity contribution is 5.23. The average molecular weight is 273 g/mol. The van der Waals surface area contributed by atoms with Crippen molar-refractivity contribution in [2.75, 3.05) is 0 Å². The maximum Gasteiger partial charge on any atom is 0.112 e. The molecule has 2 rings (SSSR count). The van der Waals surface area contributed by atoms with Gasteiger partial charge in [0.2, 0.25) is 0 Å². The van der Waals surface area contributed by atoms with Gasteiger partial charge in [-0.3, -0.25) is 0 Å². The maximum atomic E-state index is 9.46. The summed E-state index contributed by atoms with van der Waals surface area (Å²) in [5, 5.41) is 17.8. The van der Waals surface area contributed by atoms with Crippen molar-refractivity contribution in [3.05, 3.63) is 46.8 Å². The summed E-state index contributed by atoms with van der Waals surface area (Å²) >= 11 is 0. The summed E-state index contributed by atoms with van der Waals surface area (Å²) in [6.45, 7) is 7.08. The molecular formula is C16H23N3O. The zero-order valence-corrected chi connectivity index (χ0v) is 12.5. The Labute approximate surface area is 120 Å². The summed E-state index contributed by atoms with van der Waals surface area (Å²) in [5.74, 6) is 0.401. The first-order valence-electron chi connectivity index (χ1n) is 7.28. The molecule has 0 unspecified atom stereocenters. The minimum Gasteiger partial charge on any atom is -0.390 e. The molecule has 0 saturated heterocycles. The number of aliphatic hydroxyl groups excluding tert-OH is 1. The molecule has 1 heterocycles. The van der Waals surface area contributed by atoms with Gasteiger partial charge < -0.3 is 5.11 Å². The van der Waals surface area contributed by atoms with E-state index in [2.05, 4.69) is 55.3 Å². The fourth-order valence-electron chi connectivity index (χ4n) is 2.57. The van der Waals surface area contributed by atoms with Gasteiger partial charge in [-0.2, -0.15) is 0 Å². The molecule has 108 valence electrons. The highest BCUT2D eigenvalue weighted by Gasteiger charge is 2.19. The van der Waals surface area contributed by atoms with Crippen molar-refractivity contribution < 1.29 is 5.11 Å². The van der Waals surface area contributed by atoms with Gasteiger partial charge in [0.05, 0.1) is 18.8 Å². The molecule has 1 aromatic carbocycles. The second-order valence-electron chi connectivity index (χ2n) is 5.24. The van der Waals surface area contributed by atoms with Crippen LogP contribution in [0.5, 0.6) is 0 Å². The maximum absolute atomic E-state index is 9.46. The summed E-state index contributed by atoms with van der Waals surface area (Å²) in [6, 6.07) is 8.45. The third-order valence-electron chi connectivity index (χ3n) is 3.82. The van der Waals surface area contributed by atoms with Crippen molar-refractivity contribution in [1.29, 1.82) is 0 Å². The summed E-state index contributed by atoms with van der Waals surface area (Å²) in [5.41, 5.74) is 4.25. The Morgan fingerprint density at radius 2 is 1.80 bits per heavy atom. The first kappa shape index (κ1) is 14.7. The highest BCUT2D eigenvalue weighted by Crippen LogP contribution is 2.25. The van der Waals surface area contributed by atoms with Crippen LogP contribution >= 0.6 is 0 Å². The lowest BCUT2D eigenvalue weighted by molar-refractivity contribution is 0.274. The van der Waals surface area contributed by atoms with Gasteiger partial charge in [0.25, 0.3) is 0 Å². The Morgan fingerprint density at radius 3 is 2.35 bits per heavy atom. The predicted molar refractivity (Wildman–Crippen MR) is 79.5 cm³/mol. The van der Waals surface area contributed by atoms with Crippen LogP contribution in [0.4, 0.5) is 0 Å². The van der Waals surface area contributed by atoms with Crippen molar-refractivity contribution in [3.8, 4) is 0 Å². The lowest BCUT2D eigenvalue weighted by Crippen LogP contribution is -2.11. The third kappa shape index (κ3) is 3.07. The van der Waals surface area contributed by atoms with Gasteiger partial charge in [0.15, 0.2) is 0 Å². The molecule has 4 nitrogen and oxygen atoms in total. The largest absolute Gasteiger partial charge is 0.390 e. The first-order chi connectivity index (χ1) is 9.69. The Hall–Kier alpha value is -1.68. The van der Waals surface area contributed by atoms with Gasteiger partial charge in [-0.1, -0.05) is 48.9 Å². The van der Waals surface area contributed by atoms with Gasteiger partial charge >= 0.3 is 0 Å². The molecule has 0 aliphatic rings. The molecular weight excluding hydrogens is 250 g/mol. The summed E-state index contributed by atoms with van der Waals surface area (Å²) < 4.78 is 1.94. The average Bonchev–Trinajstić information content (AvgIpc) is 2.86. The Bertz CT molecular complexity index is 541. The minimum atomic E-state index is -0.0419. The van der Waals surface area contributed by atoms with Crippen molar-refractivity contribution in [3.63, 3.8) is 0 Å². The van der Waals surface area contributed by atoms with E-state index in [1.807, 2.05) is 4.68 Å². The standard InChI is InChI=1S/C16H23N3O/c1-4-14(5-2)16-15(11-20)17-18-19(16)10-13-8-6-12(3)7-9-13/h6-9,14,20H,4-5,10-11H2,1-3H3. The summed E-state index contributed by atoms with van der Waals surface area (Å²) in [4.78, 5) is 0. The van der Waals surface area contributed by atoms with Gasteiger partial charge in [0.1, 0.15) is 5.69 Å². The van der Waals surface area contributed by atoms with Crippen LogP contribution in [0.2, 0.25) is 0 Å². The van der Waals surface area contributed by atoms with E-state index in [0.29, 0.717) is 18.2 Å². The Balaban J connectivity index is 2.31. The SMILES string of the molecule is CCC(CC)c1c(CO)nnn1Cc1ccc(C)cc1. The van der Waals surface area contributed by atoms with Crippen LogP contribution in [-0.2, 0) is 13.2 Å². The molecule has 0 radical (unpaired) electrons. The smallest absolute Gasteiger partial charge is 0.112 e. The fraction of sp³-hybridized carbons (Fsp3) is 0.500. The van der Waals surface area contributed by atoms with Crippen LogP contribution in [0.15, 0.2) is 24.3 Å². The molecule has 4 heteroatoms. The quantitative estimate of drug-likeness (QED) is 0.880. The molecule has 0 bridgehead atoms. The molecule has 0 saturated carbocycles. The third-order valence-corrected chi connectivity index (χ3v) is 3.82. The predicted octanol–water partition coefficient (Wildman–Crippen LogP) is 3.03. The van der Waals surface area contributed by atoms with Crippen LogP contribution in [0, 0.1) is 6.92 Å². The normalized spacial score (nSPS) is 11.2. The van der Waals surface area contributed by atoms with E-state index in [0.717, 1.165) is 18.5 Å². The topological polar surface area (TPSA) is 50.9 Å². The van der Waals surface area contributed by atoms with Gasteiger partial charge in [0, 0.05) is 5.92 Å². The molecule has 2 aromatic rings. The van der Waals surface area contributed by atoms with E-state index in [1.54, 1.807) is 0 Å². The van der Waals surface area contributed by atoms with Crippen molar-refractivity contribution in [1.82, 2.24) is 15.0 Å². The lowest BCUT2D eigenvalue weighted by atomic mass is 9.97. The molecule has 20 heavy (non-hydrogen) atoms. The zero-order valence-electron chi connectivity index (χ0n) is 12.5. The molecule has 0 amide bonds. The molecule has 1 N–H and O–H groups in total. The number of hydrogen-bond acceptors (Lipinski definition) is 3. The highest BCUT2D eigenvalue weighted by atomic mass is 16.3.